The summed E-state index contributed by atoms with van der Waals surface area (Å²) in [6.45, 7) is 3.94. The molecule has 3 N–H and O–H groups in total. The van der Waals surface area contributed by atoms with E-state index in [-0.39, 0.29) is 16.6 Å². The smallest absolute Gasteiger partial charge is 0.264 e. The van der Waals surface area contributed by atoms with Gasteiger partial charge in [-0.1, -0.05) is 15.9 Å². The van der Waals surface area contributed by atoms with E-state index in [4.69, 9.17) is 0 Å². The second-order valence-electron chi connectivity index (χ2n) is 6.23. The van der Waals surface area contributed by atoms with Crippen molar-refractivity contribution >= 4 is 37.6 Å². The lowest BCUT2D eigenvalue weighted by atomic mass is 10.2. The quantitative estimate of drug-likeness (QED) is 0.511. The number of benzene rings is 2. The van der Waals surface area contributed by atoms with Crippen molar-refractivity contribution in [3.63, 3.8) is 0 Å². The number of halogens is 1. The first-order valence-corrected chi connectivity index (χ1v) is 10.7. The number of aryl methyl sites for hydroxylation is 2. The normalized spacial score (nSPS) is 11.2. The Kier molecular flexibility index (Phi) is 5.85. The standard InChI is InChI=1S/C19H19BrN4O3S/c1-12-9-13(2)23-19(22-12)24-28(26,27)17-6-4-16(5-7-17)21-11-14-10-15(20)3-8-18(14)25/h3-10,21,25H,11H2,1-2H3,(H,22,23,24). The molecule has 3 rings (SSSR count). The van der Waals surface area contributed by atoms with Crippen LogP contribution >= 0.6 is 15.9 Å². The lowest BCUT2D eigenvalue weighted by Crippen LogP contribution is -2.15. The third kappa shape index (κ3) is 4.99. The van der Waals surface area contributed by atoms with E-state index in [1.165, 1.54) is 12.1 Å². The Labute approximate surface area is 172 Å². The van der Waals surface area contributed by atoms with E-state index in [0.717, 1.165) is 15.7 Å². The molecule has 0 radical (unpaired) electrons. The maximum atomic E-state index is 12.5. The van der Waals surface area contributed by atoms with Crippen molar-refractivity contribution in [1.29, 1.82) is 0 Å². The van der Waals surface area contributed by atoms with Gasteiger partial charge >= 0.3 is 0 Å². The van der Waals surface area contributed by atoms with E-state index in [9.17, 15) is 13.5 Å². The number of nitrogens with zero attached hydrogens (tertiary/aromatic N) is 2. The molecule has 7 nitrogen and oxygen atoms in total. The van der Waals surface area contributed by atoms with Crippen molar-refractivity contribution in [2.75, 3.05) is 10.0 Å². The third-order valence-corrected chi connectivity index (χ3v) is 5.73. The van der Waals surface area contributed by atoms with Gasteiger partial charge < -0.3 is 10.4 Å². The first kappa shape index (κ1) is 20.1. The van der Waals surface area contributed by atoms with Crippen LogP contribution in [0.5, 0.6) is 5.75 Å². The predicted molar refractivity (Wildman–Crippen MR) is 112 cm³/mol. The summed E-state index contributed by atoms with van der Waals surface area (Å²) in [5, 5.41) is 13.0. The summed E-state index contributed by atoms with van der Waals surface area (Å²) >= 11 is 3.37. The van der Waals surface area contributed by atoms with Gasteiger partial charge in [0.1, 0.15) is 5.75 Å². The molecule has 1 heterocycles. The molecule has 2 aromatic carbocycles. The Balaban J connectivity index is 1.71. The van der Waals surface area contributed by atoms with Crippen LogP contribution < -0.4 is 10.0 Å². The summed E-state index contributed by atoms with van der Waals surface area (Å²) in [5.41, 5.74) is 2.81. The van der Waals surface area contributed by atoms with Crippen molar-refractivity contribution in [3.8, 4) is 5.75 Å². The average Bonchev–Trinajstić information content (AvgIpc) is 2.61. The number of hydrogen-bond donors (Lipinski definition) is 3. The molecular formula is C19H19BrN4O3S. The van der Waals surface area contributed by atoms with Crippen molar-refractivity contribution in [3.05, 3.63) is 70.0 Å². The number of anilines is 2. The molecule has 3 aromatic rings. The van der Waals surface area contributed by atoms with Crippen LogP contribution in [0.15, 0.2) is 57.9 Å². The third-order valence-electron chi connectivity index (χ3n) is 3.90. The highest BCUT2D eigenvalue weighted by Gasteiger charge is 2.16. The summed E-state index contributed by atoms with van der Waals surface area (Å²) in [7, 11) is -3.79. The topological polar surface area (TPSA) is 104 Å². The monoisotopic (exact) mass is 462 g/mol. The van der Waals surface area contributed by atoms with Crippen LogP contribution in [0.4, 0.5) is 11.6 Å². The molecule has 0 aliphatic carbocycles. The molecule has 0 saturated carbocycles. The molecule has 0 aliphatic heterocycles. The summed E-state index contributed by atoms with van der Waals surface area (Å²) in [5.74, 6) is 0.234. The Bertz CT molecular complexity index is 1080. The molecule has 146 valence electrons. The number of hydrogen-bond acceptors (Lipinski definition) is 6. The van der Waals surface area contributed by atoms with E-state index in [2.05, 4.69) is 35.9 Å². The van der Waals surface area contributed by atoms with Gasteiger partial charge in [0.15, 0.2) is 0 Å². The number of sulfonamides is 1. The average molecular weight is 463 g/mol. The van der Waals surface area contributed by atoms with E-state index < -0.39 is 10.0 Å². The van der Waals surface area contributed by atoms with Gasteiger partial charge in [-0.05, 0) is 62.4 Å². The fourth-order valence-electron chi connectivity index (χ4n) is 2.60. The molecule has 0 fully saturated rings. The van der Waals surface area contributed by atoms with Gasteiger partial charge in [0, 0.05) is 33.7 Å². The van der Waals surface area contributed by atoms with Gasteiger partial charge in [0.25, 0.3) is 10.0 Å². The van der Waals surface area contributed by atoms with Crippen LogP contribution in [-0.2, 0) is 16.6 Å². The second-order valence-corrected chi connectivity index (χ2v) is 8.83. The van der Waals surface area contributed by atoms with Gasteiger partial charge in [0.05, 0.1) is 4.90 Å². The van der Waals surface area contributed by atoms with Crippen molar-refractivity contribution in [2.24, 2.45) is 0 Å². The number of phenols is 1. The zero-order valence-corrected chi connectivity index (χ0v) is 17.7. The van der Waals surface area contributed by atoms with E-state index >= 15 is 0 Å². The van der Waals surface area contributed by atoms with Gasteiger partial charge in [0.2, 0.25) is 5.95 Å². The van der Waals surface area contributed by atoms with Gasteiger partial charge in [-0.25, -0.2) is 23.1 Å². The fourth-order valence-corrected chi connectivity index (χ4v) is 3.95. The Morgan fingerprint density at radius 2 is 1.64 bits per heavy atom. The van der Waals surface area contributed by atoms with Crippen LogP contribution in [0.3, 0.4) is 0 Å². The first-order valence-electron chi connectivity index (χ1n) is 8.39. The Morgan fingerprint density at radius 3 is 2.29 bits per heavy atom. The molecule has 0 saturated heterocycles. The number of aromatic hydroxyl groups is 1. The van der Waals surface area contributed by atoms with E-state index in [0.29, 0.717) is 17.9 Å². The minimum absolute atomic E-state index is 0.0461. The van der Waals surface area contributed by atoms with Gasteiger partial charge in [-0.2, -0.15) is 0 Å². The van der Waals surface area contributed by atoms with Gasteiger partial charge in [-0.3, -0.25) is 0 Å². The molecule has 0 amide bonds. The maximum absolute atomic E-state index is 12.5. The summed E-state index contributed by atoms with van der Waals surface area (Å²) in [6, 6.07) is 13.2. The number of rotatable bonds is 6. The highest BCUT2D eigenvalue weighted by molar-refractivity contribution is 9.10. The molecule has 0 bridgehead atoms. The minimum atomic E-state index is -3.79. The Hall–Kier alpha value is -2.65. The van der Waals surface area contributed by atoms with Crippen LogP contribution in [0.1, 0.15) is 17.0 Å². The van der Waals surface area contributed by atoms with Gasteiger partial charge in [-0.15, -0.1) is 0 Å². The molecule has 0 unspecified atom stereocenters. The molecule has 1 aromatic heterocycles. The van der Waals surface area contributed by atoms with Crippen LogP contribution in [0, 0.1) is 13.8 Å². The lowest BCUT2D eigenvalue weighted by molar-refractivity contribution is 0.469. The minimum Gasteiger partial charge on any atom is -0.508 e. The number of nitrogens with one attached hydrogen (secondary N) is 2. The summed E-state index contributed by atoms with van der Waals surface area (Å²) in [4.78, 5) is 8.30. The van der Waals surface area contributed by atoms with Crippen molar-refractivity contribution < 1.29 is 13.5 Å². The zero-order chi connectivity index (χ0) is 20.3. The van der Waals surface area contributed by atoms with E-state index in [1.807, 2.05) is 6.07 Å². The summed E-state index contributed by atoms with van der Waals surface area (Å²) < 4.78 is 28.4. The highest BCUT2D eigenvalue weighted by atomic mass is 79.9. The second kappa shape index (κ2) is 8.15. The van der Waals surface area contributed by atoms with Crippen LogP contribution in [0.2, 0.25) is 0 Å². The Morgan fingerprint density at radius 1 is 1.00 bits per heavy atom. The molecule has 9 heteroatoms. The lowest BCUT2D eigenvalue weighted by Gasteiger charge is -2.11. The molecule has 0 atom stereocenters. The van der Waals surface area contributed by atoms with Crippen LogP contribution in [0.25, 0.3) is 0 Å². The van der Waals surface area contributed by atoms with E-state index in [1.54, 1.807) is 44.2 Å². The number of aromatic nitrogens is 2. The maximum Gasteiger partial charge on any atom is 0.264 e. The molecule has 0 spiro atoms. The van der Waals surface area contributed by atoms with Crippen molar-refractivity contribution in [2.45, 2.75) is 25.3 Å². The predicted octanol–water partition coefficient (Wildman–Crippen LogP) is 3.97. The molecule has 28 heavy (non-hydrogen) atoms. The molecule has 0 aliphatic rings. The first-order chi connectivity index (χ1) is 13.2. The number of phenolic OH excluding ortho intramolecular Hbond substituents is 1. The highest BCUT2D eigenvalue weighted by Crippen LogP contribution is 2.23. The van der Waals surface area contributed by atoms with Crippen LogP contribution in [-0.4, -0.2) is 23.5 Å². The zero-order valence-electron chi connectivity index (χ0n) is 15.3. The molecular weight excluding hydrogens is 444 g/mol. The van der Waals surface area contributed by atoms with Crippen molar-refractivity contribution in [1.82, 2.24) is 9.97 Å². The summed E-state index contributed by atoms with van der Waals surface area (Å²) in [6.07, 6.45) is 0. The SMILES string of the molecule is Cc1cc(C)nc(NS(=O)(=O)c2ccc(NCc3cc(Br)ccc3O)cc2)n1. The largest absolute Gasteiger partial charge is 0.508 e. The fraction of sp³-hybridized carbons (Fsp3) is 0.158.